The third-order valence-electron chi connectivity index (χ3n) is 1.96. The van der Waals surface area contributed by atoms with E-state index >= 15 is 0 Å². The van der Waals surface area contributed by atoms with Gasteiger partial charge >= 0.3 is 11.9 Å². The third-order valence-corrected chi connectivity index (χ3v) is 2.53. The average molecular weight is 295 g/mol. The van der Waals surface area contributed by atoms with E-state index in [1.807, 2.05) is 0 Å². The first kappa shape index (κ1) is 15.4. The Morgan fingerprint density at radius 2 is 1.81 bits per heavy atom. The van der Waals surface area contributed by atoms with Crippen LogP contribution in [0.1, 0.15) is 39.5 Å². The Bertz CT molecular complexity index is 218. The zero-order chi connectivity index (χ0) is 12.4. The number of unbranched alkanes of at least 4 members (excludes halogenated alkanes) is 2. The van der Waals surface area contributed by atoms with Gasteiger partial charge in [0.25, 0.3) is 0 Å². The number of rotatable bonds is 8. The van der Waals surface area contributed by atoms with Crippen LogP contribution in [0.4, 0.5) is 0 Å². The van der Waals surface area contributed by atoms with E-state index in [2.05, 4.69) is 15.9 Å². The van der Waals surface area contributed by atoms with Crippen LogP contribution in [0.5, 0.6) is 0 Å². The molecule has 0 heterocycles. The number of halogens is 1. The van der Waals surface area contributed by atoms with Gasteiger partial charge in [-0.05, 0) is 19.3 Å². The molecule has 16 heavy (non-hydrogen) atoms. The van der Waals surface area contributed by atoms with Crippen molar-refractivity contribution in [1.82, 2.24) is 0 Å². The van der Waals surface area contributed by atoms with Crippen LogP contribution in [0.25, 0.3) is 0 Å². The quantitative estimate of drug-likeness (QED) is 0.392. The Kier molecular flexibility index (Phi) is 9.28. The van der Waals surface area contributed by atoms with Crippen LogP contribution < -0.4 is 0 Å². The van der Waals surface area contributed by atoms with Crippen molar-refractivity contribution in [3.63, 3.8) is 0 Å². The number of hydrogen-bond acceptors (Lipinski definition) is 4. The standard InChI is InChI=1S/C11H19BrO4/c1-9(13)15-8-11(16-10(2)14)6-4-3-5-7-12/h11H,3-8H2,1-2H3. The number of hydrogen-bond donors (Lipinski definition) is 0. The molecule has 0 aromatic heterocycles. The Hall–Kier alpha value is -0.580. The molecule has 0 aliphatic heterocycles. The number of alkyl halides is 1. The van der Waals surface area contributed by atoms with E-state index in [-0.39, 0.29) is 24.6 Å². The summed E-state index contributed by atoms with van der Waals surface area (Å²) in [4.78, 5) is 21.5. The minimum Gasteiger partial charge on any atom is -0.462 e. The second-order valence-electron chi connectivity index (χ2n) is 3.57. The molecule has 0 radical (unpaired) electrons. The van der Waals surface area contributed by atoms with Gasteiger partial charge in [-0.25, -0.2) is 0 Å². The monoisotopic (exact) mass is 294 g/mol. The molecular formula is C11H19BrO4. The molecule has 0 N–H and O–H groups in total. The minimum absolute atomic E-state index is 0.156. The lowest BCUT2D eigenvalue weighted by atomic mass is 10.1. The molecule has 94 valence electrons. The van der Waals surface area contributed by atoms with Crippen LogP contribution in [0, 0.1) is 0 Å². The lowest BCUT2D eigenvalue weighted by Crippen LogP contribution is -2.23. The largest absolute Gasteiger partial charge is 0.462 e. The highest BCUT2D eigenvalue weighted by atomic mass is 79.9. The summed E-state index contributed by atoms with van der Waals surface area (Å²) >= 11 is 3.35. The highest BCUT2D eigenvalue weighted by Crippen LogP contribution is 2.09. The lowest BCUT2D eigenvalue weighted by molar-refractivity contribution is -0.156. The molecule has 1 unspecified atom stereocenters. The van der Waals surface area contributed by atoms with Gasteiger partial charge in [0.05, 0.1) is 0 Å². The molecule has 0 aliphatic carbocycles. The average Bonchev–Trinajstić information content (AvgIpc) is 2.19. The summed E-state index contributed by atoms with van der Waals surface area (Å²) in [6.07, 6.45) is 3.56. The summed E-state index contributed by atoms with van der Waals surface area (Å²) < 4.78 is 9.89. The first-order valence-electron chi connectivity index (χ1n) is 5.42. The van der Waals surface area contributed by atoms with Crippen molar-refractivity contribution >= 4 is 27.9 Å². The van der Waals surface area contributed by atoms with Crippen LogP contribution in [-0.4, -0.2) is 30.0 Å². The summed E-state index contributed by atoms with van der Waals surface area (Å²) in [6.45, 7) is 2.86. The van der Waals surface area contributed by atoms with Crippen LogP contribution in [0.3, 0.4) is 0 Å². The van der Waals surface area contributed by atoms with Gasteiger partial charge in [0.1, 0.15) is 12.7 Å². The molecule has 0 amide bonds. The van der Waals surface area contributed by atoms with Crippen molar-refractivity contribution in [2.75, 3.05) is 11.9 Å². The molecule has 5 heteroatoms. The van der Waals surface area contributed by atoms with Crippen LogP contribution in [0.15, 0.2) is 0 Å². The molecule has 0 aliphatic rings. The first-order chi connectivity index (χ1) is 7.56. The molecule has 1 atom stereocenters. The number of esters is 2. The molecule has 0 saturated carbocycles. The van der Waals surface area contributed by atoms with E-state index in [0.29, 0.717) is 0 Å². The fourth-order valence-corrected chi connectivity index (χ4v) is 1.66. The van der Waals surface area contributed by atoms with E-state index in [1.54, 1.807) is 0 Å². The zero-order valence-corrected chi connectivity index (χ0v) is 11.4. The van der Waals surface area contributed by atoms with Gasteiger partial charge in [-0.15, -0.1) is 0 Å². The Labute approximate surface area is 105 Å². The molecule has 0 bridgehead atoms. The zero-order valence-electron chi connectivity index (χ0n) is 9.83. The molecule has 0 saturated heterocycles. The van der Waals surface area contributed by atoms with E-state index in [1.165, 1.54) is 13.8 Å². The molecule has 0 aromatic carbocycles. The Balaban J connectivity index is 3.80. The topological polar surface area (TPSA) is 52.6 Å². The highest BCUT2D eigenvalue weighted by molar-refractivity contribution is 9.09. The van der Waals surface area contributed by atoms with Crippen LogP contribution >= 0.6 is 15.9 Å². The van der Waals surface area contributed by atoms with Crippen LogP contribution in [-0.2, 0) is 19.1 Å². The van der Waals surface area contributed by atoms with E-state index in [9.17, 15) is 9.59 Å². The van der Waals surface area contributed by atoms with Gasteiger partial charge in [-0.3, -0.25) is 9.59 Å². The minimum atomic E-state index is -0.349. The number of carbonyl (C=O) groups is 2. The van der Waals surface area contributed by atoms with Crippen molar-refractivity contribution in [3.05, 3.63) is 0 Å². The van der Waals surface area contributed by atoms with E-state index in [0.717, 1.165) is 31.0 Å². The van der Waals surface area contributed by atoms with Crippen molar-refractivity contribution in [2.24, 2.45) is 0 Å². The smallest absolute Gasteiger partial charge is 0.303 e. The maximum Gasteiger partial charge on any atom is 0.303 e. The summed E-state index contributed by atoms with van der Waals surface area (Å²) in [5, 5.41) is 0.981. The highest BCUT2D eigenvalue weighted by Gasteiger charge is 2.13. The maximum absolute atomic E-state index is 10.8. The molecule has 0 rings (SSSR count). The Morgan fingerprint density at radius 3 is 2.31 bits per heavy atom. The fraction of sp³-hybridized carbons (Fsp3) is 0.818. The van der Waals surface area contributed by atoms with Gasteiger partial charge in [0.2, 0.25) is 0 Å². The maximum atomic E-state index is 10.8. The predicted molar refractivity (Wildman–Crippen MR) is 64.4 cm³/mol. The van der Waals surface area contributed by atoms with Crippen LogP contribution in [0.2, 0.25) is 0 Å². The molecule has 4 nitrogen and oxygen atoms in total. The van der Waals surface area contributed by atoms with E-state index < -0.39 is 0 Å². The lowest BCUT2D eigenvalue weighted by Gasteiger charge is -2.16. The summed E-state index contributed by atoms with van der Waals surface area (Å²) in [5.41, 5.74) is 0. The van der Waals surface area contributed by atoms with Crippen molar-refractivity contribution in [3.8, 4) is 0 Å². The summed E-state index contributed by atoms with van der Waals surface area (Å²) in [6, 6.07) is 0. The van der Waals surface area contributed by atoms with Crippen molar-refractivity contribution in [1.29, 1.82) is 0 Å². The second kappa shape index (κ2) is 9.63. The SMILES string of the molecule is CC(=O)OCC(CCCCCBr)OC(C)=O. The van der Waals surface area contributed by atoms with Crippen molar-refractivity contribution in [2.45, 2.75) is 45.6 Å². The molecule has 0 aromatic rings. The molecule has 0 fully saturated rings. The fourth-order valence-electron chi connectivity index (χ4n) is 1.26. The summed E-state index contributed by atoms with van der Waals surface area (Å²) in [7, 11) is 0. The van der Waals surface area contributed by atoms with Gasteiger partial charge < -0.3 is 9.47 Å². The Morgan fingerprint density at radius 1 is 1.12 bits per heavy atom. The summed E-state index contributed by atoms with van der Waals surface area (Å²) in [5.74, 6) is -0.685. The third kappa shape index (κ3) is 9.96. The van der Waals surface area contributed by atoms with Gasteiger partial charge in [0.15, 0.2) is 0 Å². The first-order valence-corrected chi connectivity index (χ1v) is 6.55. The van der Waals surface area contributed by atoms with Gasteiger partial charge in [-0.1, -0.05) is 22.4 Å². The normalized spacial score (nSPS) is 11.9. The second-order valence-corrected chi connectivity index (χ2v) is 4.37. The van der Waals surface area contributed by atoms with Crippen molar-refractivity contribution < 1.29 is 19.1 Å². The predicted octanol–water partition coefficient (Wildman–Crippen LogP) is 2.44. The van der Waals surface area contributed by atoms with Gasteiger partial charge in [-0.2, -0.15) is 0 Å². The molecule has 0 spiro atoms. The van der Waals surface area contributed by atoms with Gasteiger partial charge in [0, 0.05) is 19.2 Å². The molecular weight excluding hydrogens is 276 g/mol. The number of carbonyl (C=O) groups excluding carboxylic acids is 2. The van der Waals surface area contributed by atoms with E-state index in [4.69, 9.17) is 9.47 Å². The number of ether oxygens (including phenoxy) is 2.